The van der Waals surface area contributed by atoms with E-state index < -0.39 is 17.8 Å². The molecule has 0 saturated carbocycles. The monoisotopic (exact) mass is 284 g/mol. The van der Waals surface area contributed by atoms with Crippen LogP contribution < -0.4 is 5.32 Å². The summed E-state index contributed by atoms with van der Waals surface area (Å²) in [6, 6.07) is -0.638. The van der Waals surface area contributed by atoms with E-state index in [-0.39, 0.29) is 24.6 Å². The molecule has 1 rings (SSSR count). The first kappa shape index (κ1) is 16.0. The second-order valence-corrected chi connectivity index (χ2v) is 4.93. The lowest BCUT2D eigenvalue weighted by Gasteiger charge is -2.22. The fourth-order valence-electron chi connectivity index (χ4n) is 2.03. The summed E-state index contributed by atoms with van der Waals surface area (Å²) in [6.45, 7) is 1.91. The van der Waals surface area contributed by atoms with Crippen LogP contribution in [0, 0.1) is 11.8 Å². The van der Waals surface area contributed by atoms with Crippen molar-refractivity contribution in [2.75, 3.05) is 20.7 Å². The highest BCUT2D eigenvalue weighted by Crippen LogP contribution is 2.18. The fourth-order valence-corrected chi connectivity index (χ4v) is 2.03. The van der Waals surface area contributed by atoms with Crippen LogP contribution in [0.4, 0.5) is 4.79 Å². The van der Waals surface area contributed by atoms with Crippen molar-refractivity contribution >= 4 is 18.0 Å². The number of carbonyl (C=O) groups is 3. The Balaban J connectivity index is 2.42. The molecule has 0 bridgehead atoms. The summed E-state index contributed by atoms with van der Waals surface area (Å²) in [7, 11) is 2.87. The van der Waals surface area contributed by atoms with Crippen molar-refractivity contribution in [2.45, 2.75) is 19.4 Å². The number of carboxylic acids is 1. The highest BCUT2D eigenvalue weighted by atomic mass is 16.5. The maximum Gasteiger partial charge on any atom is 0.317 e. The SMILES string of the molecule is COC(=O)C(C)CN(C)C(=O)NC1C=CC(C(=O)O)C1. The van der Waals surface area contributed by atoms with Crippen LogP contribution >= 0.6 is 0 Å². The van der Waals surface area contributed by atoms with Crippen LogP contribution in [0.1, 0.15) is 13.3 Å². The zero-order valence-electron chi connectivity index (χ0n) is 11.8. The number of carbonyl (C=O) groups excluding carboxylic acids is 2. The fraction of sp³-hybridized carbons (Fsp3) is 0.615. The van der Waals surface area contributed by atoms with Gasteiger partial charge >= 0.3 is 18.0 Å². The third kappa shape index (κ3) is 4.25. The van der Waals surface area contributed by atoms with Crippen molar-refractivity contribution < 1.29 is 24.2 Å². The molecule has 112 valence electrons. The highest BCUT2D eigenvalue weighted by molar-refractivity contribution is 5.77. The number of nitrogens with zero attached hydrogens (tertiary/aromatic N) is 1. The van der Waals surface area contributed by atoms with Crippen molar-refractivity contribution in [2.24, 2.45) is 11.8 Å². The number of ether oxygens (including phenoxy) is 1. The molecular weight excluding hydrogens is 264 g/mol. The van der Waals surface area contributed by atoms with E-state index in [9.17, 15) is 14.4 Å². The average molecular weight is 284 g/mol. The van der Waals surface area contributed by atoms with E-state index in [0.717, 1.165) is 0 Å². The van der Waals surface area contributed by atoms with Crippen molar-refractivity contribution in [1.29, 1.82) is 0 Å². The molecule has 0 spiro atoms. The number of amides is 2. The minimum absolute atomic E-state index is 0.233. The van der Waals surface area contributed by atoms with Gasteiger partial charge in [0.05, 0.1) is 25.0 Å². The van der Waals surface area contributed by atoms with Gasteiger partial charge in [0.2, 0.25) is 0 Å². The van der Waals surface area contributed by atoms with Gasteiger partial charge in [0.15, 0.2) is 0 Å². The summed E-state index contributed by atoms with van der Waals surface area (Å²) in [5, 5.41) is 11.6. The standard InChI is InChI=1S/C13H20N2O5/c1-8(12(18)20-3)7-15(2)13(19)14-10-5-4-9(6-10)11(16)17/h4-5,8-10H,6-7H2,1-3H3,(H,14,19)(H,16,17). The number of hydrogen-bond donors (Lipinski definition) is 2. The lowest BCUT2D eigenvalue weighted by molar-refractivity contribution is -0.145. The Morgan fingerprint density at radius 2 is 2.10 bits per heavy atom. The molecule has 1 aliphatic carbocycles. The van der Waals surface area contributed by atoms with Gasteiger partial charge in [-0.25, -0.2) is 4.79 Å². The molecule has 0 aliphatic heterocycles. The van der Waals surface area contributed by atoms with Crippen LogP contribution in [0.5, 0.6) is 0 Å². The van der Waals surface area contributed by atoms with Crippen LogP contribution in [0.2, 0.25) is 0 Å². The molecule has 3 unspecified atom stereocenters. The van der Waals surface area contributed by atoms with Gasteiger partial charge in [-0.15, -0.1) is 0 Å². The predicted octanol–water partition coefficient (Wildman–Crippen LogP) is 0.466. The Kier molecular flexibility index (Phi) is 5.54. The van der Waals surface area contributed by atoms with Crippen LogP contribution in [0.25, 0.3) is 0 Å². The number of carboxylic acid groups (broad SMARTS) is 1. The van der Waals surface area contributed by atoms with Gasteiger partial charge in [-0.2, -0.15) is 0 Å². The summed E-state index contributed by atoms with van der Waals surface area (Å²) in [4.78, 5) is 35.4. The van der Waals surface area contributed by atoms with Gasteiger partial charge in [-0.3, -0.25) is 9.59 Å². The summed E-state index contributed by atoms with van der Waals surface area (Å²) in [5.74, 6) is -2.25. The Hall–Kier alpha value is -2.05. The molecule has 20 heavy (non-hydrogen) atoms. The Morgan fingerprint density at radius 3 is 2.60 bits per heavy atom. The molecule has 0 fully saturated rings. The first-order valence-electron chi connectivity index (χ1n) is 6.35. The molecule has 0 aromatic rings. The van der Waals surface area contributed by atoms with Crippen LogP contribution in [0.3, 0.4) is 0 Å². The Morgan fingerprint density at radius 1 is 1.45 bits per heavy atom. The molecule has 3 atom stereocenters. The van der Waals surface area contributed by atoms with E-state index in [4.69, 9.17) is 5.11 Å². The van der Waals surface area contributed by atoms with Gasteiger partial charge in [0, 0.05) is 13.6 Å². The topological polar surface area (TPSA) is 95.9 Å². The van der Waals surface area contributed by atoms with E-state index in [1.54, 1.807) is 26.1 Å². The van der Waals surface area contributed by atoms with Gasteiger partial charge < -0.3 is 20.1 Å². The maximum absolute atomic E-state index is 11.9. The van der Waals surface area contributed by atoms with E-state index in [1.165, 1.54) is 12.0 Å². The molecule has 7 heteroatoms. The second kappa shape index (κ2) is 6.93. The van der Waals surface area contributed by atoms with Crippen LogP contribution in [-0.4, -0.2) is 54.7 Å². The van der Waals surface area contributed by atoms with Gasteiger partial charge in [0.1, 0.15) is 0 Å². The molecule has 1 aliphatic rings. The van der Waals surface area contributed by atoms with E-state index in [2.05, 4.69) is 10.1 Å². The third-order valence-electron chi connectivity index (χ3n) is 3.21. The molecular formula is C13H20N2O5. The zero-order chi connectivity index (χ0) is 15.3. The Bertz CT molecular complexity index is 421. The lowest BCUT2D eigenvalue weighted by atomic mass is 10.1. The second-order valence-electron chi connectivity index (χ2n) is 4.93. The number of esters is 1. The highest BCUT2D eigenvalue weighted by Gasteiger charge is 2.26. The van der Waals surface area contributed by atoms with E-state index in [0.29, 0.717) is 6.42 Å². The summed E-state index contributed by atoms with van der Waals surface area (Å²) in [5.41, 5.74) is 0. The molecule has 2 N–H and O–H groups in total. The number of hydrogen-bond acceptors (Lipinski definition) is 4. The minimum atomic E-state index is -0.898. The van der Waals surface area contributed by atoms with Crippen LogP contribution in [0.15, 0.2) is 12.2 Å². The van der Waals surface area contributed by atoms with Crippen molar-refractivity contribution in [1.82, 2.24) is 10.2 Å². The minimum Gasteiger partial charge on any atom is -0.481 e. The number of aliphatic carboxylic acids is 1. The molecule has 0 radical (unpaired) electrons. The van der Waals surface area contributed by atoms with Gasteiger partial charge in [-0.1, -0.05) is 19.1 Å². The molecule has 0 heterocycles. The largest absolute Gasteiger partial charge is 0.481 e. The summed E-state index contributed by atoms with van der Waals surface area (Å²) in [6.07, 6.45) is 3.60. The van der Waals surface area contributed by atoms with Crippen molar-refractivity contribution in [3.05, 3.63) is 12.2 Å². The molecule has 7 nitrogen and oxygen atoms in total. The molecule has 2 amide bonds. The van der Waals surface area contributed by atoms with Gasteiger partial charge in [-0.05, 0) is 6.42 Å². The summed E-state index contributed by atoms with van der Waals surface area (Å²) >= 11 is 0. The quantitative estimate of drug-likeness (QED) is 0.565. The molecule has 0 saturated heterocycles. The molecule has 0 aromatic carbocycles. The van der Waals surface area contributed by atoms with E-state index >= 15 is 0 Å². The predicted molar refractivity (Wildman–Crippen MR) is 71.0 cm³/mol. The number of rotatable bonds is 5. The first-order chi connectivity index (χ1) is 9.35. The zero-order valence-corrected chi connectivity index (χ0v) is 11.8. The lowest BCUT2D eigenvalue weighted by Crippen LogP contribution is -2.44. The van der Waals surface area contributed by atoms with Gasteiger partial charge in [0.25, 0.3) is 0 Å². The van der Waals surface area contributed by atoms with Crippen LogP contribution in [-0.2, 0) is 14.3 Å². The smallest absolute Gasteiger partial charge is 0.317 e. The normalized spacial score (nSPS) is 22.1. The van der Waals surface area contributed by atoms with Crippen molar-refractivity contribution in [3.63, 3.8) is 0 Å². The Labute approximate surface area is 117 Å². The first-order valence-corrected chi connectivity index (χ1v) is 6.35. The summed E-state index contributed by atoms with van der Waals surface area (Å²) < 4.78 is 4.59. The van der Waals surface area contributed by atoms with E-state index in [1.807, 2.05) is 0 Å². The molecule has 0 aromatic heterocycles. The number of urea groups is 1. The number of methoxy groups -OCH3 is 1. The van der Waals surface area contributed by atoms with Crippen molar-refractivity contribution in [3.8, 4) is 0 Å². The average Bonchev–Trinajstić information content (AvgIpc) is 2.86. The maximum atomic E-state index is 11.9. The third-order valence-corrected chi connectivity index (χ3v) is 3.21. The number of nitrogens with one attached hydrogen (secondary N) is 1.